The van der Waals surface area contributed by atoms with Crippen LogP contribution in [0.3, 0.4) is 0 Å². The molecule has 0 radical (unpaired) electrons. The molecule has 1 fully saturated rings. The van der Waals surface area contributed by atoms with Gasteiger partial charge in [0.2, 0.25) is 0 Å². The van der Waals surface area contributed by atoms with E-state index in [1.54, 1.807) is 24.3 Å². The third-order valence-corrected chi connectivity index (χ3v) is 4.23. The van der Waals surface area contributed by atoms with E-state index in [0.717, 1.165) is 0 Å². The fourth-order valence-electron chi connectivity index (χ4n) is 2.75. The van der Waals surface area contributed by atoms with Crippen molar-refractivity contribution >= 4 is 29.1 Å². The maximum absolute atomic E-state index is 13.1. The second-order valence-corrected chi connectivity index (χ2v) is 5.90. The SMILES string of the molecule is CN1C(=O)C(=O)/C(=C(/O)c2ccc(F)cc2)C1c1ccc(Cl)cc1. The predicted molar refractivity (Wildman–Crippen MR) is 87.9 cm³/mol. The summed E-state index contributed by atoms with van der Waals surface area (Å²) in [6.07, 6.45) is 0. The fourth-order valence-corrected chi connectivity index (χ4v) is 2.87. The van der Waals surface area contributed by atoms with Gasteiger partial charge in [-0.3, -0.25) is 9.59 Å². The number of aliphatic hydroxyl groups excluding tert-OH is 1. The van der Waals surface area contributed by atoms with Crippen molar-refractivity contribution in [3.8, 4) is 0 Å². The molecular weight excluding hydrogens is 333 g/mol. The Morgan fingerprint density at radius 2 is 1.67 bits per heavy atom. The van der Waals surface area contributed by atoms with Crippen molar-refractivity contribution in [2.45, 2.75) is 6.04 Å². The number of carbonyl (C=O) groups excluding carboxylic acids is 2. The van der Waals surface area contributed by atoms with Crippen LogP contribution in [-0.2, 0) is 9.59 Å². The lowest BCUT2D eigenvalue weighted by Gasteiger charge is -2.21. The smallest absolute Gasteiger partial charge is 0.295 e. The normalized spacial score (nSPS) is 19.8. The Morgan fingerprint density at radius 3 is 2.25 bits per heavy atom. The number of rotatable bonds is 2. The van der Waals surface area contributed by atoms with Crippen molar-refractivity contribution in [2.24, 2.45) is 0 Å². The van der Waals surface area contributed by atoms with Crippen LogP contribution in [0, 0.1) is 5.82 Å². The van der Waals surface area contributed by atoms with Crippen LogP contribution in [0.5, 0.6) is 0 Å². The van der Waals surface area contributed by atoms with Crippen LogP contribution in [0.2, 0.25) is 5.02 Å². The summed E-state index contributed by atoms with van der Waals surface area (Å²) in [6, 6.07) is 11.0. The molecule has 0 bridgehead atoms. The molecule has 2 aromatic rings. The first kappa shape index (κ1) is 16.2. The molecule has 0 saturated carbocycles. The van der Waals surface area contributed by atoms with Gasteiger partial charge in [0.1, 0.15) is 11.6 Å². The molecule has 4 nitrogen and oxygen atoms in total. The fraction of sp³-hybridized carbons (Fsp3) is 0.111. The average Bonchev–Trinajstić information content (AvgIpc) is 2.80. The van der Waals surface area contributed by atoms with Crippen LogP contribution >= 0.6 is 11.6 Å². The van der Waals surface area contributed by atoms with E-state index in [-0.39, 0.29) is 16.9 Å². The third-order valence-electron chi connectivity index (χ3n) is 3.98. The minimum absolute atomic E-state index is 0.0311. The van der Waals surface area contributed by atoms with Crippen molar-refractivity contribution < 1.29 is 19.1 Å². The van der Waals surface area contributed by atoms with Gasteiger partial charge in [0.15, 0.2) is 0 Å². The Kier molecular flexibility index (Phi) is 4.11. The van der Waals surface area contributed by atoms with Crippen LogP contribution in [0.15, 0.2) is 54.1 Å². The van der Waals surface area contributed by atoms with Gasteiger partial charge in [-0.2, -0.15) is 0 Å². The number of benzene rings is 2. The molecule has 0 aromatic heterocycles. The molecule has 122 valence electrons. The first-order chi connectivity index (χ1) is 11.4. The van der Waals surface area contributed by atoms with Crippen molar-refractivity contribution in [1.29, 1.82) is 0 Å². The summed E-state index contributed by atoms with van der Waals surface area (Å²) in [5.41, 5.74) is 0.878. The average molecular weight is 346 g/mol. The molecule has 1 aliphatic rings. The van der Waals surface area contributed by atoms with Gasteiger partial charge < -0.3 is 10.0 Å². The Bertz CT molecular complexity index is 844. The molecule has 1 heterocycles. The standard InChI is InChI=1S/C18H13ClFNO3/c1-21-15(10-2-6-12(19)7-3-10)14(17(23)18(21)24)16(22)11-4-8-13(20)9-5-11/h2-9,15,22H,1H3/b16-14+. The number of carbonyl (C=O) groups is 2. The van der Waals surface area contributed by atoms with Gasteiger partial charge >= 0.3 is 0 Å². The van der Waals surface area contributed by atoms with Crippen molar-refractivity contribution in [1.82, 2.24) is 4.90 Å². The lowest BCUT2D eigenvalue weighted by Crippen LogP contribution is -2.24. The van der Waals surface area contributed by atoms with Crippen LogP contribution in [0.25, 0.3) is 5.76 Å². The summed E-state index contributed by atoms with van der Waals surface area (Å²) in [6.45, 7) is 0. The van der Waals surface area contributed by atoms with Crippen LogP contribution < -0.4 is 0 Å². The summed E-state index contributed by atoms with van der Waals surface area (Å²) in [4.78, 5) is 25.7. The van der Waals surface area contributed by atoms with Crippen molar-refractivity contribution in [3.05, 3.63) is 76.1 Å². The van der Waals surface area contributed by atoms with Gasteiger partial charge in [0.05, 0.1) is 11.6 Å². The molecule has 1 unspecified atom stereocenters. The van der Waals surface area contributed by atoms with E-state index >= 15 is 0 Å². The van der Waals surface area contributed by atoms with Gasteiger partial charge in [0.25, 0.3) is 11.7 Å². The number of hydrogen-bond donors (Lipinski definition) is 1. The molecule has 2 aromatic carbocycles. The molecule has 1 amide bonds. The summed E-state index contributed by atoms with van der Waals surface area (Å²) < 4.78 is 13.1. The second kappa shape index (κ2) is 6.09. The number of likely N-dealkylation sites (N-methyl/N-ethyl adjacent to an activating group) is 1. The van der Waals surface area contributed by atoms with E-state index < -0.39 is 23.5 Å². The first-order valence-corrected chi connectivity index (χ1v) is 7.54. The van der Waals surface area contributed by atoms with E-state index in [9.17, 15) is 19.1 Å². The molecule has 0 aliphatic carbocycles. The van der Waals surface area contributed by atoms with Gasteiger partial charge in [-0.05, 0) is 42.0 Å². The topological polar surface area (TPSA) is 57.6 Å². The lowest BCUT2D eigenvalue weighted by molar-refractivity contribution is -0.139. The minimum Gasteiger partial charge on any atom is -0.507 e. The number of ketones is 1. The highest BCUT2D eigenvalue weighted by molar-refractivity contribution is 6.46. The number of nitrogens with zero attached hydrogens (tertiary/aromatic N) is 1. The lowest BCUT2D eigenvalue weighted by atomic mass is 9.95. The summed E-state index contributed by atoms with van der Waals surface area (Å²) >= 11 is 5.88. The Labute approximate surface area is 142 Å². The number of likely N-dealkylation sites (tertiary alicyclic amines) is 1. The zero-order chi connectivity index (χ0) is 17.4. The monoisotopic (exact) mass is 345 g/mol. The maximum atomic E-state index is 13.1. The Hall–Kier alpha value is -2.66. The van der Waals surface area contributed by atoms with Crippen molar-refractivity contribution in [3.63, 3.8) is 0 Å². The van der Waals surface area contributed by atoms with Gasteiger partial charge in [-0.1, -0.05) is 23.7 Å². The maximum Gasteiger partial charge on any atom is 0.295 e. The van der Waals surface area contributed by atoms with Crippen LogP contribution in [0.4, 0.5) is 4.39 Å². The number of aliphatic hydroxyl groups is 1. The first-order valence-electron chi connectivity index (χ1n) is 7.16. The summed E-state index contributed by atoms with van der Waals surface area (Å²) in [7, 11) is 1.49. The molecule has 0 spiro atoms. The van der Waals surface area contributed by atoms with E-state index in [0.29, 0.717) is 10.6 Å². The molecule has 3 rings (SSSR count). The number of halogens is 2. The number of amides is 1. The summed E-state index contributed by atoms with van der Waals surface area (Å²) in [5.74, 6) is -2.28. The van der Waals surface area contributed by atoms with Crippen LogP contribution in [0.1, 0.15) is 17.2 Å². The van der Waals surface area contributed by atoms with Gasteiger partial charge in [-0.15, -0.1) is 0 Å². The zero-order valence-electron chi connectivity index (χ0n) is 12.7. The van der Waals surface area contributed by atoms with Crippen molar-refractivity contribution in [2.75, 3.05) is 7.05 Å². The molecule has 24 heavy (non-hydrogen) atoms. The van der Waals surface area contributed by atoms with E-state index in [4.69, 9.17) is 11.6 Å². The summed E-state index contributed by atoms with van der Waals surface area (Å²) in [5, 5.41) is 11.1. The van der Waals surface area contributed by atoms with Gasteiger partial charge in [-0.25, -0.2) is 4.39 Å². The predicted octanol–water partition coefficient (Wildman–Crippen LogP) is 3.53. The minimum atomic E-state index is -0.778. The molecule has 1 N–H and O–H groups in total. The second-order valence-electron chi connectivity index (χ2n) is 5.47. The zero-order valence-corrected chi connectivity index (χ0v) is 13.4. The Balaban J connectivity index is 2.16. The van der Waals surface area contributed by atoms with Crippen LogP contribution in [-0.4, -0.2) is 28.7 Å². The molecule has 6 heteroatoms. The van der Waals surface area contributed by atoms with E-state index in [1.165, 1.54) is 36.2 Å². The largest absolute Gasteiger partial charge is 0.507 e. The highest BCUT2D eigenvalue weighted by atomic mass is 35.5. The third kappa shape index (κ3) is 2.67. The molecule has 1 saturated heterocycles. The molecular formula is C18H13ClFNO3. The number of Topliss-reactive ketones (excluding diaryl/α,β-unsaturated/α-hetero) is 1. The molecule has 1 atom stereocenters. The number of hydrogen-bond acceptors (Lipinski definition) is 3. The molecule has 1 aliphatic heterocycles. The highest BCUT2D eigenvalue weighted by Crippen LogP contribution is 2.38. The highest BCUT2D eigenvalue weighted by Gasteiger charge is 2.44. The quantitative estimate of drug-likeness (QED) is 0.514. The van der Waals surface area contributed by atoms with Gasteiger partial charge in [0, 0.05) is 17.6 Å². The van der Waals surface area contributed by atoms with E-state index in [2.05, 4.69) is 0 Å². The van der Waals surface area contributed by atoms with E-state index in [1.807, 2.05) is 0 Å². The Morgan fingerprint density at radius 1 is 1.08 bits per heavy atom.